The average molecular weight is 445 g/mol. The van der Waals surface area contributed by atoms with Gasteiger partial charge in [-0.05, 0) is 54.7 Å². The molecule has 1 unspecified atom stereocenters. The molecule has 1 atom stereocenters. The van der Waals surface area contributed by atoms with E-state index in [0.29, 0.717) is 16.5 Å². The molecule has 0 radical (unpaired) electrons. The van der Waals surface area contributed by atoms with Crippen LogP contribution in [-0.4, -0.2) is 27.4 Å². The molecule has 1 N–H and O–H groups in total. The monoisotopic (exact) mass is 444 g/mol. The number of furan rings is 1. The molecule has 1 saturated carbocycles. The van der Waals surface area contributed by atoms with Gasteiger partial charge < -0.3 is 9.73 Å². The van der Waals surface area contributed by atoms with Crippen molar-refractivity contribution in [3.8, 4) is 0 Å². The first-order chi connectivity index (χ1) is 14.6. The molecule has 3 aromatic rings. The number of halogens is 1. The predicted octanol–water partition coefficient (Wildman–Crippen LogP) is 4.62. The van der Waals surface area contributed by atoms with E-state index in [0.717, 1.165) is 37.2 Å². The minimum Gasteiger partial charge on any atom is -0.467 e. The summed E-state index contributed by atoms with van der Waals surface area (Å²) in [6.07, 6.45) is 6.68. The topological polar surface area (TPSA) is 88.3 Å². The van der Waals surface area contributed by atoms with Gasteiger partial charge >= 0.3 is 0 Å². The molecule has 4 rings (SSSR count). The number of aromatic nitrogens is 2. The van der Waals surface area contributed by atoms with Crippen molar-refractivity contribution < 1.29 is 14.0 Å². The zero-order valence-corrected chi connectivity index (χ0v) is 17.7. The van der Waals surface area contributed by atoms with E-state index in [2.05, 4.69) is 14.9 Å². The molecular weight excluding hydrogens is 424 g/mol. The maximum Gasteiger partial charge on any atom is 0.280 e. The molecule has 0 spiro atoms. The number of carbonyl (C=O) groups is 2. The number of hydrogen-bond acceptors (Lipinski definition) is 6. The Morgan fingerprint density at radius 3 is 2.70 bits per heavy atom. The van der Waals surface area contributed by atoms with Crippen molar-refractivity contribution in [2.75, 3.05) is 4.90 Å². The van der Waals surface area contributed by atoms with Crippen LogP contribution in [0.1, 0.15) is 54.4 Å². The highest BCUT2D eigenvalue weighted by Gasteiger charge is 2.37. The van der Waals surface area contributed by atoms with E-state index in [4.69, 9.17) is 16.0 Å². The third-order valence-corrected chi connectivity index (χ3v) is 5.89. The Bertz CT molecular complexity index is 988. The van der Waals surface area contributed by atoms with E-state index in [-0.39, 0.29) is 17.6 Å². The van der Waals surface area contributed by atoms with Gasteiger partial charge in [-0.25, -0.2) is 0 Å². The van der Waals surface area contributed by atoms with Gasteiger partial charge in [-0.3, -0.25) is 14.5 Å². The fraction of sp³-hybridized carbons (Fsp3) is 0.333. The number of hydrogen-bond donors (Lipinski definition) is 1. The summed E-state index contributed by atoms with van der Waals surface area (Å²) < 4.78 is 9.38. The summed E-state index contributed by atoms with van der Waals surface area (Å²) in [5.74, 6) is -0.389. The van der Waals surface area contributed by atoms with Crippen LogP contribution in [0.2, 0.25) is 5.02 Å². The van der Waals surface area contributed by atoms with Crippen LogP contribution in [-0.2, 0) is 4.79 Å². The number of nitrogens with zero attached hydrogens (tertiary/aromatic N) is 3. The zero-order chi connectivity index (χ0) is 20.9. The molecule has 2 amide bonds. The lowest BCUT2D eigenvalue weighted by atomic mass is 9.95. The van der Waals surface area contributed by atoms with Gasteiger partial charge in [0.2, 0.25) is 0 Å². The molecule has 2 aromatic heterocycles. The van der Waals surface area contributed by atoms with Crippen LogP contribution >= 0.6 is 23.1 Å². The third-order valence-electron chi connectivity index (χ3n) is 5.16. The minimum atomic E-state index is -1.01. The summed E-state index contributed by atoms with van der Waals surface area (Å²) in [6, 6.07) is 9.28. The first-order valence-corrected chi connectivity index (χ1v) is 11.0. The van der Waals surface area contributed by atoms with Crippen molar-refractivity contribution in [2.24, 2.45) is 0 Å². The third kappa shape index (κ3) is 4.55. The molecule has 156 valence electrons. The van der Waals surface area contributed by atoms with Gasteiger partial charge in [0.15, 0.2) is 11.7 Å². The van der Waals surface area contributed by atoms with Gasteiger partial charge in [0.1, 0.15) is 5.76 Å². The van der Waals surface area contributed by atoms with Crippen LogP contribution in [0.25, 0.3) is 0 Å². The summed E-state index contributed by atoms with van der Waals surface area (Å²) >= 11 is 7.27. The lowest BCUT2D eigenvalue weighted by Gasteiger charge is -2.31. The van der Waals surface area contributed by atoms with Gasteiger partial charge in [0.05, 0.1) is 6.26 Å². The van der Waals surface area contributed by atoms with Crippen LogP contribution in [0, 0.1) is 0 Å². The second kappa shape index (κ2) is 9.40. The number of nitrogens with one attached hydrogen (secondary N) is 1. The zero-order valence-electron chi connectivity index (χ0n) is 16.2. The maximum atomic E-state index is 13.5. The number of anilines is 1. The fourth-order valence-corrected chi connectivity index (χ4v) is 4.35. The summed E-state index contributed by atoms with van der Waals surface area (Å²) in [7, 11) is 0. The Kier molecular flexibility index (Phi) is 6.44. The number of amides is 2. The molecule has 2 heterocycles. The molecule has 0 bridgehead atoms. The van der Waals surface area contributed by atoms with Crippen molar-refractivity contribution in [1.82, 2.24) is 14.9 Å². The van der Waals surface area contributed by atoms with Gasteiger partial charge in [-0.15, -0.1) is 5.10 Å². The second-order valence-corrected chi connectivity index (χ2v) is 8.25. The molecule has 1 aliphatic carbocycles. The highest BCUT2D eigenvalue weighted by Crippen LogP contribution is 2.32. The normalized spacial score (nSPS) is 15.5. The molecule has 0 saturated heterocycles. The number of benzene rings is 1. The van der Waals surface area contributed by atoms with Gasteiger partial charge in [0.25, 0.3) is 11.8 Å². The second-order valence-electron chi connectivity index (χ2n) is 7.21. The lowest BCUT2D eigenvalue weighted by Crippen LogP contribution is -2.47. The van der Waals surface area contributed by atoms with Crippen LogP contribution in [0.5, 0.6) is 0 Å². The lowest BCUT2D eigenvalue weighted by molar-refractivity contribution is -0.123. The standard InChI is InChI=1S/C21H21ClN4O3S/c22-14-6-4-9-16(12-14)26(21(28)17-13-30-25-24-17)19(18-10-5-11-29-18)20(27)23-15-7-2-1-3-8-15/h4-6,9-13,15,19H,1-3,7-8H2,(H,23,27). The summed E-state index contributed by atoms with van der Waals surface area (Å²) in [4.78, 5) is 28.2. The molecule has 0 aliphatic heterocycles. The van der Waals surface area contributed by atoms with Crippen molar-refractivity contribution in [2.45, 2.75) is 44.2 Å². The summed E-state index contributed by atoms with van der Waals surface area (Å²) in [5.41, 5.74) is 0.627. The Morgan fingerprint density at radius 2 is 2.03 bits per heavy atom. The number of carbonyl (C=O) groups excluding carboxylic acids is 2. The Balaban J connectivity index is 1.74. The SMILES string of the molecule is O=C(NC1CCCCC1)C(c1ccco1)N(C(=O)c1csnn1)c1cccc(Cl)c1. The maximum absolute atomic E-state index is 13.5. The van der Waals surface area contributed by atoms with E-state index < -0.39 is 11.9 Å². The van der Waals surface area contributed by atoms with E-state index in [1.54, 1.807) is 41.8 Å². The first-order valence-electron chi connectivity index (χ1n) is 9.83. The molecule has 9 heteroatoms. The van der Waals surface area contributed by atoms with E-state index in [1.165, 1.54) is 17.6 Å². The first kappa shape index (κ1) is 20.6. The highest BCUT2D eigenvalue weighted by molar-refractivity contribution is 7.03. The number of rotatable bonds is 6. The Morgan fingerprint density at radius 1 is 1.20 bits per heavy atom. The van der Waals surface area contributed by atoms with Crippen molar-refractivity contribution >= 4 is 40.6 Å². The predicted molar refractivity (Wildman–Crippen MR) is 115 cm³/mol. The van der Waals surface area contributed by atoms with Crippen LogP contribution in [0.3, 0.4) is 0 Å². The molecule has 30 heavy (non-hydrogen) atoms. The van der Waals surface area contributed by atoms with Gasteiger partial charge in [0, 0.05) is 22.1 Å². The van der Waals surface area contributed by atoms with E-state index >= 15 is 0 Å². The average Bonchev–Trinajstić information content (AvgIpc) is 3.46. The van der Waals surface area contributed by atoms with Crippen molar-refractivity contribution in [3.63, 3.8) is 0 Å². The van der Waals surface area contributed by atoms with E-state index in [9.17, 15) is 9.59 Å². The smallest absolute Gasteiger partial charge is 0.280 e. The molecule has 1 fully saturated rings. The molecular formula is C21H21ClN4O3S. The molecule has 1 aliphatic rings. The summed E-state index contributed by atoms with van der Waals surface area (Å²) in [6.45, 7) is 0. The largest absolute Gasteiger partial charge is 0.467 e. The van der Waals surface area contributed by atoms with Gasteiger partial charge in [-0.1, -0.05) is 41.4 Å². The van der Waals surface area contributed by atoms with Crippen LogP contribution in [0.15, 0.2) is 52.5 Å². The molecule has 7 nitrogen and oxygen atoms in total. The quantitative estimate of drug-likeness (QED) is 0.599. The van der Waals surface area contributed by atoms with Crippen molar-refractivity contribution in [3.05, 3.63) is 64.5 Å². The van der Waals surface area contributed by atoms with Crippen LogP contribution < -0.4 is 10.2 Å². The Labute approximate surface area is 183 Å². The van der Waals surface area contributed by atoms with Crippen LogP contribution in [0.4, 0.5) is 5.69 Å². The van der Waals surface area contributed by atoms with E-state index in [1.807, 2.05) is 0 Å². The minimum absolute atomic E-state index is 0.0842. The van der Waals surface area contributed by atoms with Gasteiger partial charge in [-0.2, -0.15) is 0 Å². The Hall–Kier alpha value is -2.71. The van der Waals surface area contributed by atoms with Crippen molar-refractivity contribution in [1.29, 1.82) is 0 Å². The molecule has 1 aromatic carbocycles. The highest BCUT2D eigenvalue weighted by atomic mass is 35.5. The summed E-state index contributed by atoms with van der Waals surface area (Å²) in [5, 5.41) is 9.02. The fourth-order valence-electron chi connectivity index (χ4n) is 3.74.